The molecule has 7 heteroatoms. The van der Waals surface area contributed by atoms with Gasteiger partial charge in [-0.15, -0.1) is 6.58 Å². The third-order valence-corrected chi connectivity index (χ3v) is 4.47. The van der Waals surface area contributed by atoms with Gasteiger partial charge in [0.1, 0.15) is 0 Å². The fourth-order valence-electron chi connectivity index (χ4n) is 2.54. The van der Waals surface area contributed by atoms with Crippen molar-refractivity contribution in [1.29, 1.82) is 0 Å². The fourth-order valence-corrected chi connectivity index (χ4v) is 3.48. The fraction of sp³-hybridized carbons (Fsp3) is 0.235. The third-order valence-electron chi connectivity index (χ3n) is 3.51. The molecule has 3 rings (SSSR count). The Morgan fingerprint density at radius 1 is 1.46 bits per heavy atom. The molecule has 0 fully saturated rings. The Bertz CT molecular complexity index is 833. The smallest absolute Gasteiger partial charge is 0.309 e. The average molecular weight is 343 g/mol. The lowest BCUT2D eigenvalue weighted by Gasteiger charge is -2.24. The summed E-state index contributed by atoms with van der Waals surface area (Å²) in [6.45, 7) is 6.04. The van der Waals surface area contributed by atoms with Gasteiger partial charge in [0.15, 0.2) is 10.8 Å². The predicted molar refractivity (Wildman–Crippen MR) is 94.2 cm³/mol. The summed E-state index contributed by atoms with van der Waals surface area (Å²) in [7, 11) is 0. The van der Waals surface area contributed by atoms with Crippen molar-refractivity contribution in [1.82, 2.24) is 9.55 Å². The van der Waals surface area contributed by atoms with Crippen LogP contribution in [0.1, 0.15) is 6.92 Å². The van der Waals surface area contributed by atoms with Gasteiger partial charge in [-0.2, -0.15) is 4.98 Å². The molecule has 1 aromatic carbocycles. The molecule has 0 spiro atoms. The minimum absolute atomic E-state index is 0.0406. The predicted octanol–water partition coefficient (Wildman–Crippen LogP) is 2.60. The zero-order chi connectivity index (χ0) is 17.1. The van der Waals surface area contributed by atoms with Crippen LogP contribution in [0.3, 0.4) is 0 Å². The minimum Gasteiger partial charge on any atom is -0.405 e. The molecule has 0 atom stereocenters. The monoisotopic (exact) mass is 343 g/mol. The Morgan fingerprint density at radius 3 is 2.88 bits per heavy atom. The van der Waals surface area contributed by atoms with E-state index < -0.39 is 5.97 Å². The van der Waals surface area contributed by atoms with Gasteiger partial charge >= 0.3 is 5.97 Å². The van der Waals surface area contributed by atoms with E-state index in [-0.39, 0.29) is 17.1 Å². The van der Waals surface area contributed by atoms with E-state index in [1.807, 2.05) is 30.3 Å². The zero-order valence-electron chi connectivity index (χ0n) is 13.3. The number of carbonyl (C=O) groups excluding carboxylic acids is 1. The van der Waals surface area contributed by atoms with E-state index in [1.54, 1.807) is 15.5 Å². The topological polar surface area (TPSA) is 64.4 Å². The van der Waals surface area contributed by atoms with Crippen LogP contribution in [-0.2, 0) is 11.3 Å². The van der Waals surface area contributed by atoms with Crippen molar-refractivity contribution in [3.8, 4) is 5.88 Å². The lowest BCUT2D eigenvalue weighted by atomic mass is 10.2. The number of fused-ring (bicyclic) bond motifs is 1. The average Bonchev–Trinajstić information content (AvgIpc) is 3.03. The number of thioether (sulfide) groups is 1. The van der Waals surface area contributed by atoms with Gasteiger partial charge in [-0.3, -0.25) is 14.2 Å². The summed E-state index contributed by atoms with van der Waals surface area (Å²) < 4.78 is 6.86. The molecular formula is C17H17N3O3S. The number of hydrogen-bond acceptors (Lipinski definition) is 6. The van der Waals surface area contributed by atoms with Crippen LogP contribution >= 0.6 is 11.8 Å². The van der Waals surface area contributed by atoms with Crippen LogP contribution in [0.15, 0.2) is 52.9 Å². The van der Waals surface area contributed by atoms with Crippen molar-refractivity contribution in [3.63, 3.8) is 0 Å². The Hall–Kier alpha value is -2.54. The molecule has 2 heterocycles. The van der Waals surface area contributed by atoms with E-state index >= 15 is 0 Å². The molecule has 0 unspecified atom stereocenters. The summed E-state index contributed by atoms with van der Waals surface area (Å²) in [4.78, 5) is 30.6. The quantitative estimate of drug-likeness (QED) is 0.472. The van der Waals surface area contributed by atoms with Gasteiger partial charge in [0, 0.05) is 31.5 Å². The molecule has 1 aliphatic rings. The lowest BCUT2D eigenvalue weighted by molar-refractivity contribution is -0.132. The van der Waals surface area contributed by atoms with Gasteiger partial charge in [-0.05, 0) is 12.1 Å². The van der Waals surface area contributed by atoms with E-state index in [9.17, 15) is 9.59 Å². The van der Waals surface area contributed by atoms with Crippen molar-refractivity contribution >= 4 is 29.1 Å². The molecule has 124 valence electrons. The number of nitrogens with zero attached hydrogens (tertiary/aromatic N) is 3. The molecule has 0 saturated heterocycles. The van der Waals surface area contributed by atoms with Crippen LogP contribution in [0.2, 0.25) is 0 Å². The van der Waals surface area contributed by atoms with Gasteiger partial charge in [0.05, 0.1) is 0 Å². The van der Waals surface area contributed by atoms with E-state index in [2.05, 4.69) is 11.6 Å². The highest BCUT2D eigenvalue weighted by molar-refractivity contribution is 7.99. The summed E-state index contributed by atoms with van der Waals surface area (Å²) >= 11 is 1.47. The summed E-state index contributed by atoms with van der Waals surface area (Å²) in [5, 5.41) is 0.576. The van der Waals surface area contributed by atoms with Crippen LogP contribution in [0.5, 0.6) is 5.88 Å². The molecule has 0 bridgehead atoms. The van der Waals surface area contributed by atoms with Crippen molar-refractivity contribution in [2.45, 2.75) is 18.6 Å². The lowest BCUT2D eigenvalue weighted by Crippen LogP contribution is -2.31. The van der Waals surface area contributed by atoms with Crippen LogP contribution in [0.25, 0.3) is 0 Å². The maximum absolute atomic E-state index is 13.0. The van der Waals surface area contributed by atoms with Crippen molar-refractivity contribution in [2.24, 2.45) is 0 Å². The Balaban J connectivity index is 2.21. The van der Waals surface area contributed by atoms with Gasteiger partial charge in [0.2, 0.25) is 0 Å². The first-order valence-corrected chi connectivity index (χ1v) is 8.50. The highest BCUT2D eigenvalue weighted by Gasteiger charge is 2.26. The summed E-state index contributed by atoms with van der Waals surface area (Å²) in [6.07, 6.45) is 1.69. The molecule has 2 aromatic rings. The molecule has 6 nitrogen and oxygen atoms in total. The molecule has 24 heavy (non-hydrogen) atoms. The van der Waals surface area contributed by atoms with Gasteiger partial charge in [-0.25, -0.2) is 0 Å². The second-order valence-electron chi connectivity index (χ2n) is 5.18. The number of esters is 1. The molecule has 0 aliphatic carbocycles. The van der Waals surface area contributed by atoms with Crippen LogP contribution < -0.4 is 15.2 Å². The number of rotatable bonds is 5. The summed E-state index contributed by atoms with van der Waals surface area (Å²) in [6, 6.07) is 9.42. The standard InChI is InChI=1S/C17H17N3O3S/c1-3-9-19(13-7-5-4-6-8-13)14-15(23-12(2)21)18-17-20(16(14)22)10-11-24-17/h3-8H,1,9-11H2,2H3. The van der Waals surface area contributed by atoms with E-state index in [1.165, 1.54) is 18.7 Å². The number of aromatic nitrogens is 2. The second-order valence-corrected chi connectivity index (χ2v) is 6.24. The van der Waals surface area contributed by atoms with Crippen molar-refractivity contribution in [3.05, 3.63) is 53.3 Å². The number of hydrogen-bond donors (Lipinski definition) is 0. The molecule has 1 aliphatic heterocycles. The Kier molecular flexibility index (Phi) is 4.71. The highest BCUT2D eigenvalue weighted by Crippen LogP contribution is 2.33. The van der Waals surface area contributed by atoms with E-state index in [0.29, 0.717) is 18.2 Å². The molecule has 0 radical (unpaired) electrons. The molecule has 1 aromatic heterocycles. The van der Waals surface area contributed by atoms with Gasteiger partial charge in [-0.1, -0.05) is 36.0 Å². The normalized spacial score (nSPS) is 12.5. The number of carbonyl (C=O) groups is 1. The zero-order valence-corrected chi connectivity index (χ0v) is 14.1. The first-order valence-electron chi connectivity index (χ1n) is 7.51. The Morgan fingerprint density at radius 2 is 2.21 bits per heavy atom. The summed E-state index contributed by atoms with van der Waals surface area (Å²) in [5.41, 5.74) is 0.838. The van der Waals surface area contributed by atoms with Crippen LogP contribution in [0, 0.1) is 0 Å². The number of benzene rings is 1. The maximum atomic E-state index is 13.0. The van der Waals surface area contributed by atoms with Crippen molar-refractivity contribution < 1.29 is 9.53 Å². The van der Waals surface area contributed by atoms with E-state index in [0.717, 1.165) is 11.4 Å². The third kappa shape index (κ3) is 3.07. The summed E-state index contributed by atoms with van der Waals surface area (Å²) in [5.74, 6) is 0.305. The largest absolute Gasteiger partial charge is 0.405 e. The van der Waals surface area contributed by atoms with Crippen molar-refractivity contribution in [2.75, 3.05) is 17.2 Å². The molecule has 0 N–H and O–H groups in total. The SMILES string of the molecule is C=CCN(c1ccccc1)c1c(OC(C)=O)nc2n(c1=O)CCS2. The van der Waals surface area contributed by atoms with Gasteiger partial charge < -0.3 is 9.64 Å². The van der Waals surface area contributed by atoms with Crippen LogP contribution in [0.4, 0.5) is 11.4 Å². The maximum Gasteiger partial charge on any atom is 0.309 e. The number of anilines is 2. The van der Waals surface area contributed by atoms with Crippen LogP contribution in [-0.4, -0.2) is 27.8 Å². The molecule has 0 saturated carbocycles. The van der Waals surface area contributed by atoms with Gasteiger partial charge in [0.25, 0.3) is 11.4 Å². The minimum atomic E-state index is -0.511. The molecule has 0 amide bonds. The number of para-hydroxylation sites is 1. The Labute approximate surface area is 143 Å². The second kappa shape index (κ2) is 6.92. The van der Waals surface area contributed by atoms with E-state index in [4.69, 9.17) is 4.74 Å². The molecular weight excluding hydrogens is 326 g/mol. The first kappa shape index (κ1) is 16.3. The highest BCUT2D eigenvalue weighted by atomic mass is 32.2. The first-order chi connectivity index (χ1) is 11.6. The number of ether oxygens (including phenoxy) is 1.